The number of nitrogens with zero attached hydrogens (tertiary/aromatic N) is 4. The second-order valence-corrected chi connectivity index (χ2v) is 5.55. The number of nitrogen functional groups attached to an aromatic ring is 1. The lowest BCUT2D eigenvalue weighted by Gasteiger charge is -2.10. The van der Waals surface area contributed by atoms with Crippen LogP contribution in [0.4, 0.5) is 5.82 Å². The van der Waals surface area contributed by atoms with Gasteiger partial charge >= 0.3 is 5.69 Å². The van der Waals surface area contributed by atoms with Crippen LogP contribution in [0.3, 0.4) is 0 Å². The molecule has 0 saturated heterocycles. The molecule has 9 nitrogen and oxygen atoms in total. The van der Waals surface area contributed by atoms with Crippen molar-refractivity contribution in [2.24, 2.45) is 7.05 Å². The third-order valence-corrected chi connectivity index (χ3v) is 4.00. The second-order valence-electron chi connectivity index (χ2n) is 4.61. The van der Waals surface area contributed by atoms with Gasteiger partial charge in [-0.05, 0) is 6.42 Å². The molecule has 0 radical (unpaired) electrons. The molecule has 0 aliphatic heterocycles. The van der Waals surface area contributed by atoms with Gasteiger partial charge in [0.2, 0.25) is 0 Å². The van der Waals surface area contributed by atoms with Gasteiger partial charge in [0.25, 0.3) is 5.56 Å². The van der Waals surface area contributed by atoms with Gasteiger partial charge in [0.15, 0.2) is 10.9 Å². The van der Waals surface area contributed by atoms with Crippen molar-refractivity contribution >= 4 is 23.4 Å². The summed E-state index contributed by atoms with van der Waals surface area (Å²) < 4.78 is 2.85. The Labute approximate surface area is 129 Å². The van der Waals surface area contributed by atoms with E-state index in [-0.39, 0.29) is 17.1 Å². The first-order valence-corrected chi connectivity index (χ1v) is 7.56. The van der Waals surface area contributed by atoms with E-state index < -0.39 is 17.0 Å². The summed E-state index contributed by atoms with van der Waals surface area (Å²) >= 11 is 1.14. The van der Waals surface area contributed by atoms with E-state index in [1.54, 1.807) is 11.6 Å². The summed E-state index contributed by atoms with van der Waals surface area (Å²) in [6.45, 7) is 2.20. The maximum atomic E-state index is 12.3. The number of rotatable bonds is 6. The second kappa shape index (κ2) is 6.60. The summed E-state index contributed by atoms with van der Waals surface area (Å²) in [6, 6.07) is 0. The number of hydrogen-bond donors (Lipinski definition) is 2. The Kier molecular flexibility index (Phi) is 4.81. The molecule has 0 bridgehead atoms. The molecule has 0 aromatic carbocycles. The van der Waals surface area contributed by atoms with Crippen LogP contribution in [0.2, 0.25) is 0 Å². The Morgan fingerprint density at radius 1 is 1.45 bits per heavy atom. The number of aromatic nitrogens is 5. The third-order valence-electron chi connectivity index (χ3n) is 2.97. The van der Waals surface area contributed by atoms with Crippen molar-refractivity contribution in [1.82, 2.24) is 24.3 Å². The fourth-order valence-corrected chi connectivity index (χ4v) is 2.67. The van der Waals surface area contributed by atoms with Gasteiger partial charge < -0.3 is 10.3 Å². The molecule has 10 heteroatoms. The number of aryl methyl sites for hydroxylation is 1. The summed E-state index contributed by atoms with van der Waals surface area (Å²) in [5, 5.41) is 8.09. The molecule has 0 fully saturated rings. The first-order valence-electron chi connectivity index (χ1n) is 6.58. The van der Waals surface area contributed by atoms with E-state index in [0.29, 0.717) is 18.1 Å². The van der Waals surface area contributed by atoms with Gasteiger partial charge in [0, 0.05) is 13.6 Å². The predicted molar refractivity (Wildman–Crippen MR) is 82.1 cm³/mol. The molecular formula is C12H16N6O3S. The molecule has 0 spiro atoms. The normalized spacial score (nSPS) is 10.8. The number of ketones is 1. The number of anilines is 1. The fourth-order valence-electron chi connectivity index (χ4n) is 1.91. The summed E-state index contributed by atoms with van der Waals surface area (Å²) in [5.41, 5.74) is 4.26. The van der Waals surface area contributed by atoms with Crippen molar-refractivity contribution in [3.63, 3.8) is 0 Å². The van der Waals surface area contributed by atoms with Gasteiger partial charge in [0.05, 0.1) is 5.75 Å². The number of hydrogen-bond acceptors (Lipinski definition) is 7. The molecule has 0 atom stereocenters. The minimum Gasteiger partial charge on any atom is -0.384 e. The zero-order valence-electron chi connectivity index (χ0n) is 12.2. The van der Waals surface area contributed by atoms with Gasteiger partial charge in [0.1, 0.15) is 17.7 Å². The quantitative estimate of drug-likeness (QED) is 0.548. The number of aromatic amines is 1. The Bertz CT molecular complexity index is 806. The number of nitrogens with one attached hydrogen (secondary N) is 1. The molecule has 2 heterocycles. The smallest absolute Gasteiger partial charge is 0.329 e. The first kappa shape index (κ1) is 16.0. The highest BCUT2D eigenvalue weighted by Crippen LogP contribution is 2.16. The van der Waals surface area contributed by atoms with Crippen molar-refractivity contribution in [2.45, 2.75) is 25.0 Å². The van der Waals surface area contributed by atoms with Crippen molar-refractivity contribution < 1.29 is 4.79 Å². The molecule has 0 saturated carbocycles. The van der Waals surface area contributed by atoms with Crippen LogP contribution >= 0.6 is 11.8 Å². The van der Waals surface area contributed by atoms with Crippen LogP contribution in [0.15, 0.2) is 21.1 Å². The Balaban J connectivity index is 2.29. The van der Waals surface area contributed by atoms with Crippen LogP contribution in [-0.4, -0.2) is 35.9 Å². The van der Waals surface area contributed by atoms with Crippen LogP contribution in [0.5, 0.6) is 0 Å². The molecule has 0 unspecified atom stereocenters. The van der Waals surface area contributed by atoms with Crippen molar-refractivity contribution in [1.29, 1.82) is 0 Å². The highest BCUT2D eigenvalue weighted by atomic mass is 32.2. The SMILES string of the molecule is CCCn1c(N)c(C(=O)CSc2nncn2C)c(=O)[nH]c1=O. The molecule has 0 amide bonds. The fraction of sp³-hybridized carbons (Fsp3) is 0.417. The maximum Gasteiger partial charge on any atom is 0.329 e. The number of Topliss-reactive ketones (excluding diaryl/α,β-unsaturated/α-hetero) is 1. The highest BCUT2D eigenvalue weighted by Gasteiger charge is 2.19. The Morgan fingerprint density at radius 2 is 2.18 bits per heavy atom. The standard InChI is InChI=1S/C12H16N6O3S/c1-3-4-18-9(13)8(10(20)15-11(18)21)7(19)5-22-12-16-14-6-17(12)2/h6H,3-5,13H2,1-2H3,(H,15,20,21). The van der Waals surface area contributed by atoms with Crippen LogP contribution in [0.1, 0.15) is 23.7 Å². The van der Waals surface area contributed by atoms with Gasteiger partial charge in [-0.2, -0.15) is 0 Å². The van der Waals surface area contributed by atoms with E-state index in [1.165, 1.54) is 10.9 Å². The Hall–Kier alpha value is -2.36. The van der Waals surface area contributed by atoms with E-state index in [1.807, 2.05) is 6.92 Å². The zero-order chi connectivity index (χ0) is 16.3. The van der Waals surface area contributed by atoms with Gasteiger partial charge in [-0.15, -0.1) is 10.2 Å². The summed E-state index contributed by atoms with van der Waals surface area (Å²) in [5.74, 6) is -0.583. The molecule has 2 aromatic rings. The van der Waals surface area contributed by atoms with Gasteiger partial charge in [-0.3, -0.25) is 19.1 Å². The molecule has 0 aliphatic rings. The van der Waals surface area contributed by atoms with Gasteiger partial charge in [-0.1, -0.05) is 18.7 Å². The van der Waals surface area contributed by atoms with Gasteiger partial charge in [-0.25, -0.2) is 4.79 Å². The molecule has 2 rings (SSSR count). The van der Waals surface area contributed by atoms with Crippen LogP contribution in [0.25, 0.3) is 0 Å². The average molecular weight is 324 g/mol. The number of carbonyl (C=O) groups is 1. The minimum atomic E-state index is -0.765. The lowest BCUT2D eigenvalue weighted by molar-refractivity contribution is 0.102. The lowest BCUT2D eigenvalue weighted by atomic mass is 10.2. The Morgan fingerprint density at radius 3 is 2.77 bits per heavy atom. The topological polar surface area (TPSA) is 129 Å². The maximum absolute atomic E-state index is 12.3. The van der Waals surface area contributed by atoms with Crippen LogP contribution < -0.4 is 17.0 Å². The zero-order valence-corrected chi connectivity index (χ0v) is 13.0. The predicted octanol–water partition coefficient (Wildman–Crippen LogP) is -0.368. The minimum absolute atomic E-state index is 0.0237. The average Bonchev–Trinajstić information content (AvgIpc) is 2.86. The number of carbonyl (C=O) groups excluding carboxylic acids is 1. The number of nitrogens with two attached hydrogens (primary N) is 1. The monoisotopic (exact) mass is 324 g/mol. The highest BCUT2D eigenvalue weighted by molar-refractivity contribution is 7.99. The van der Waals surface area contributed by atoms with Crippen LogP contribution in [-0.2, 0) is 13.6 Å². The van der Waals surface area contributed by atoms with E-state index in [2.05, 4.69) is 15.2 Å². The van der Waals surface area contributed by atoms with E-state index in [9.17, 15) is 14.4 Å². The number of thioether (sulfide) groups is 1. The first-order chi connectivity index (χ1) is 10.5. The van der Waals surface area contributed by atoms with Crippen molar-refractivity contribution in [3.05, 3.63) is 32.7 Å². The molecule has 22 heavy (non-hydrogen) atoms. The van der Waals surface area contributed by atoms with Crippen molar-refractivity contribution in [3.8, 4) is 0 Å². The molecule has 3 N–H and O–H groups in total. The van der Waals surface area contributed by atoms with E-state index in [0.717, 1.165) is 11.8 Å². The molecule has 118 valence electrons. The lowest BCUT2D eigenvalue weighted by Crippen LogP contribution is -2.36. The summed E-state index contributed by atoms with van der Waals surface area (Å²) in [6.07, 6.45) is 2.16. The summed E-state index contributed by atoms with van der Waals surface area (Å²) in [4.78, 5) is 38.0. The molecule has 2 aromatic heterocycles. The van der Waals surface area contributed by atoms with Crippen molar-refractivity contribution in [2.75, 3.05) is 11.5 Å². The third kappa shape index (κ3) is 3.11. The van der Waals surface area contributed by atoms with Crippen LogP contribution in [0, 0.1) is 0 Å². The molecule has 0 aliphatic carbocycles. The largest absolute Gasteiger partial charge is 0.384 e. The summed E-state index contributed by atoms with van der Waals surface area (Å²) in [7, 11) is 1.75. The van der Waals surface area contributed by atoms with E-state index in [4.69, 9.17) is 5.73 Å². The van der Waals surface area contributed by atoms with E-state index >= 15 is 0 Å². The molecular weight excluding hydrogens is 308 g/mol. The number of H-pyrrole nitrogens is 1.